The van der Waals surface area contributed by atoms with Gasteiger partial charge < -0.3 is 15.4 Å². The number of anilines is 2. The Hall–Kier alpha value is -2.23. The average Bonchev–Trinajstić information content (AvgIpc) is 3.02. The summed E-state index contributed by atoms with van der Waals surface area (Å²) in [5.41, 5.74) is 10.2. The third-order valence-corrected chi connectivity index (χ3v) is 4.29. The zero-order valence-electron chi connectivity index (χ0n) is 11.7. The van der Waals surface area contributed by atoms with Crippen molar-refractivity contribution in [2.45, 2.75) is 18.9 Å². The molecule has 2 N–H and O–H groups in total. The number of benzene rings is 2. The number of nitrogen functional groups attached to an aromatic ring is 1. The summed E-state index contributed by atoms with van der Waals surface area (Å²) in [6, 6.07) is 10.8. The third-order valence-electron chi connectivity index (χ3n) is 4.29. The van der Waals surface area contributed by atoms with Crippen LogP contribution in [0.25, 0.3) is 0 Å². The van der Waals surface area contributed by atoms with Gasteiger partial charge in [-0.05, 0) is 42.3 Å². The minimum absolute atomic E-state index is 0.0779. The SMILES string of the molecule is Nc1ccc2c(c1)N(CC1Cc3cc(F)ccc3O1)CC2. The van der Waals surface area contributed by atoms with Crippen LogP contribution in [0, 0.1) is 5.82 Å². The second kappa shape index (κ2) is 4.65. The second-order valence-corrected chi connectivity index (χ2v) is 5.78. The van der Waals surface area contributed by atoms with Crippen LogP contribution >= 0.6 is 0 Å². The lowest BCUT2D eigenvalue weighted by Crippen LogP contribution is -2.33. The number of rotatable bonds is 2. The van der Waals surface area contributed by atoms with E-state index in [1.54, 1.807) is 12.1 Å². The molecule has 0 aromatic heterocycles. The van der Waals surface area contributed by atoms with Crippen molar-refractivity contribution in [3.8, 4) is 5.75 Å². The molecule has 2 aliphatic heterocycles. The molecule has 108 valence electrons. The minimum atomic E-state index is -0.197. The van der Waals surface area contributed by atoms with Gasteiger partial charge in [0, 0.05) is 29.9 Å². The number of hydrogen-bond donors (Lipinski definition) is 1. The Kier molecular flexibility index (Phi) is 2.77. The number of ether oxygens (including phenoxy) is 1. The zero-order chi connectivity index (χ0) is 14.4. The Balaban J connectivity index is 1.51. The van der Waals surface area contributed by atoms with Gasteiger partial charge in [0.25, 0.3) is 0 Å². The van der Waals surface area contributed by atoms with Crippen LogP contribution in [0.2, 0.25) is 0 Å². The summed E-state index contributed by atoms with van der Waals surface area (Å²) in [4.78, 5) is 2.32. The van der Waals surface area contributed by atoms with E-state index in [2.05, 4.69) is 11.0 Å². The van der Waals surface area contributed by atoms with Crippen LogP contribution in [0.4, 0.5) is 15.8 Å². The molecule has 0 radical (unpaired) electrons. The van der Waals surface area contributed by atoms with E-state index in [1.807, 2.05) is 12.1 Å². The summed E-state index contributed by atoms with van der Waals surface area (Å²) in [7, 11) is 0. The Morgan fingerprint density at radius 3 is 3.00 bits per heavy atom. The van der Waals surface area contributed by atoms with Crippen LogP contribution in [0.5, 0.6) is 5.75 Å². The molecule has 4 heteroatoms. The van der Waals surface area contributed by atoms with E-state index in [-0.39, 0.29) is 11.9 Å². The first-order valence-corrected chi connectivity index (χ1v) is 7.27. The van der Waals surface area contributed by atoms with E-state index >= 15 is 0 Å². The van der Waals surface area contributed by atoms with Gasteiger partial charge in [-0.25, -0.2) is 4.39 Å². The lowest BCUT2D eigenvalue weighted by molar-refractivity contribution is 0.238. The smallest absolute Gasteiger partial charge is 0.123 e. The predicted octanol–water partition coefficient (Wildman–Crippen LogP) is 2.77. The fourth-order valence-electron chi connectivity index (χ4n) is 3.29. The lowest BCUT2D eigenvalue weighted by Gasteiger charge is -2.23. The first-order chi connectivity index (χ1) is 10.2. The maximum absolute atomic E-state index is 13.3. The Morgan fingerprint density at radius 1 is 1.19 bits per heavy atom. The van der Waals surface area contributed by atoms with Gasteiger partial charge in [0.05, 0.1) is 6.54 Å². The van der Waals surface area contributed by atoms with Crippen molar-refractivity contribution in [3.63, 3.8) is 0 Å². The molecule has 4 rings (SSSR count). The minimum Gasteiger partial charge on any atom is -0.488 e. The summed E-state index contributed by atoms with van der Waals surface area (Å²) in [6.07, 6.45) is 1.89. The summed E-state index contributed by atoms with van der Waals surface area (Å²) < 4.78 is 19.2. The van der Waals surface area contributed by atoms with E-state index in [9.17, 15) is 4.39 Å². The van der Waals surface area contributed by atoms with E-state index < -0.39 is 0 Å². The van der Waals surface area contributed by atoms with Crippen LogP contribution in [0.1, 0.15) is 11.1 Å². The molecule has 0 fully saturated rings. The maximum Gasteiger partial charge on any atom is 0.123 e. The largest absolute Gasteiger partial charge is 0.488 e. The third kappa shape index (κ3) is 2.20. The lowest BCUT2D eigenvalue weighted by atomic mass is 10.1. The van der Waals surface area contributed by atoms with Crippen molar-refractivity contribution in [3.05, 3.63) is 53.3 Å². The average molecular weight is 284 g/mol. The Bertz CT molecular complexity index is 701. The topological polar surface area (TPSA) is 38.5 Å². The highest BCUT2D eigenvalue weighted by Crippen LogP contribution is 2.33. The van der Waals surface area contributed by atoms with E-state index in [4.69, 9.17) is 10.5 Å². The van der Waals surface area contributed by atoms with Crippen LogP contribution in [-0.2, 0) is 12.8 Å². The molecule has 1 atom stereocenters. The van der Waals surface area contributed by atoms with Gasteiger partial charge in [0.2, 0.25) is 0 Å². The van der Waals surface area contributed by atoms with Crippen molar-refractivity contribution in [1.82, 2.24) is 0 Å². The Labute approximate surface area is 123 Å². The van der Waals surface area contributed by atoms with Crippen molar-refractivity contribution in [2.24, 2.45) is 0 Å². The monoisotopic (exact) mass is 284 g/mol. The van der Waals surface area contributed by atoms with Gasteiger partial charge in [-0.15, -0.1) is 0 Å². The summed E-state index contributed by atoms with van der Waals surface area (Å²) in [5.74, 6) is 0.616. The van der Waals surface area contributed by atoms with E-state index in [0.717, 1.165) is 42.9 Å². The second-order valence-electron chi connectivity index (χ2n) is 5.78. The summed E-state index contributed by atoms with van der Waals surface area (Å²) in [6.45, 7) is 1.80. The molecule has 2 aromatic carbocycles. The molecule has 2 aliphatic rings. The van der Waals surface area contributed by atoms with Crippen LogP contribution < -0.4 is 15.4 Å². The standard InChI is InChI=1S/C17H17FN2O/c18-13-2-4-17-12(7-13)8-15(21-17)10-20-6-5-11-1-3-14(19)9-16(11)20/h1-4,7,9,15H,5-6,8,10,19H2. The molecule has 2 heterocycles. The molecule has 0 saturated carbocycles. The first kappa shape index (κ1) is 12.5. The highest BCUT2D eigenvalue weighted by Gasteiger charge is 2.28. The molecular formula is C17H17FN2O. The summed E-state index contributed by atoms with van der Waals surface area (Å²) in [5, 5.41) is 0. The fourth-order valence-corrected chi connectivity index (χ4v) is 3.29. The Morgan fingerprint density at radius 2 is 2.10 bits per heavy atom. The molecule has 0 amide bonds. The van der Waals surface area contributed by atoms with Crippen LogP contribution in [-0.4, -0.2) is 19.2 Å². The van der Waals surface area contributed by atoms with Gasteiger partial charge in [-0.3, -0.25) is 0 Å². The molecule has 0 saturated heterocycles. The number of fused-ring (bicyclic) bond motifs is 2. The number of nitrogens with zero attached hydrogens (tertiary/aromatic N) is 1. The fraction of sp³-hybridized carbons (Fsp3) is 0.294. The highest BCUT2D eigenvalue weighted by molar-refractivity contribution is 5.64. The molecule has 1 unspecified atom stereocenters. The van der Waals surface area contributed by atoms with Crippen molar-refractivity contribution < 1.29 is 9.13 Å². The van der Waals surface area contributed by atoms with Crippen LogP contribution in [0.15, 0.2) is 36.4 Å². The highest BCUT2D eigenvalue weighted by atomic mass is 19.1. The predicted molar refractivity (Wildman–Crippen MR) is 81.3 cm³/mol. The summed E-state index contributed by atoms with van der Waals surface area (Å²) >= 11 is 0. The van der Waals surface area contributed by atoms with Gasteiger partial charge >= 0.3 is 0 Å². The van der Waals surface area contributed by atoms with Gasteiger partial charge in [-0.2, -0.15) is 0 Å². The normalized spacial score (nSPS) is 19.3. The number of nitrogens with two attached hydrogens (primary N) is 1. The zero-order valence-corrected chi connectivity index (χ0v) is 11.7. The van der Waals surface area contributed by atoms with Gasteiger partial charge in [0.1, 0.15) is 17.7 Å². The van der Waals surface area contributed by atoms with Crippen LogP contribution in [0.3, 0.4) is 0 Å². The van der Waals surface area contributed by atoms with E-state index in [1.165, 1.54) is 17.3 Å². The number of hydrogen-bond acceptors (Lipinski definition) is 3. The molecular weight excluding hydrogens is 267 g/mol. The van der Waals surface area contributed by atoms with Crippen molar-refractivity contribution in [2.75, 3.05) is 23.7 Å². The van der Waals surface area contributed by atoms with Crippen molar-refractivity contribution >= 4 is 11.4 Å². The molecule has 3 nitrogen and oxygen atoms in total. The molecule has 2 aromatic rings. The molecule has 0 aliphatic carbocycles. The molecule has 0 spiro atoms. The quantitative estimate of drug-likeness (QED) is 0.862. The maximum atomic E-state index is 13.3. The molecule has 21 heavy (non-hydrogen) atoms. The van der Waals surface area contributed by atoms with E-state index in [0.29, 0.717) is 0 Å². The van der Waals surface area contributed by atoms with Gasteiger partial charge in [0.15, 0.2) is 0 Å². The number of halogens is 1. The van der Waals surface area contributed by atoms with Crippen molar-refractivity contribution in [1.29, 1.82) is 0 Å². The molecule has 0 bridgehead atoms. The van der Waals surface area contributed by atoms with Gasteiger partial charge in [-0.1, -0.05) is 6.07 Å². The first-order valence-electron chi connectivity index (χ1n) is 7.27.